The van der Waals surface area contributed by atoms with Crippen molar-refractivity contribution in [2.75, 3.05) is 19.8 Å². The molecular weight excluding hydrogens is 114 g/mol. The van der Waals surface area contributed by atoms with Crippen LogP contribution in [0.1, 0.15) is 20.8 Å². The van der Waals surface area contributed by atoms with Gasteiger partial charge in [-0.05, 0) is 6.92 Å². The van der Waals surface area contributed by atoms with Crippen molar-refractivity contribution in [3.63, 3.8) is 0 Å². The zero-order valence-electron chi connectivity index (χ0n) is 6.61. The molecule has 0 bridgehead atoms. The van der Waals surface area contributed by atoms with Crippen LogP contribution in [0.15, 0.2) is 0 Å². The Morgan fingerprint density at radius 3 is 2.33 bits per heavy atom. The molecule has 1 heterocycles. The van der Waals surface area contributed by atoms with Crippen LogP contribution in [0, 0.1) is 0 Å². The van der Waals surface area contributed by atoms with Gasteiger partial charge >= 0.3 is 0 Å². The average Bonchev–Trinajstić information content (AvgIpc) is 1.94. The first-order valence-corrected chi connectivity index (χ1v) is 3.71. The predicted octanol–water partition coefficient (Wildman–Crippen LogP) is 1.02. The van der Waals surface area contributed by atoms with Crippen LogP contribution >= 0.6 is 0 Å². The molecule has 1 rings (SSSR count). The van der Waals surface area contributed by atoms with Gasteiger partial charge in [0.05, 0.1) is 13.2 Å². The summed E-state index contributed by atoms with van der Waals surface area (Å²) < 4.78 is 5.12. The predicted molar refractivity (Wildman–Crippen MR) is 39.6 cm³/mol. The molecule has 1 atom stereocenters. The van der Waals surface area contributed by atoms with Crippen molar-refractivity contribution < 1.29 is 4.74 Å². The van der Waals surface area contributed by atoms with Gasteiger partial charge in [-0.2, -0.15) is 0 Å². The Bertz CT molecular complexity index is 50.9. The van der Waals surface area contributed by atoms with Crippen LogP contribution < -0.4 is 5.32 Å². The topological polar surface area (TPSA) is 21.3 Å². The molecule has 1 aliphatic rings. The highest BCUT2D eigenvalue weighted by Crippen LogP contribution is 1.88. The van der Waals surface area contributed by atoms with Crippen molar-refractivity contribution in [3.8, 4) is 0 Å². The molecule has 1 saturated heterocycles. The molecule has 0 amide bonds. The Labute approximate surface area is 57.6 Å². The summed E-state index contributed by atoms with van der Waals surface area (Å²) in [6.07, 6.45) is 0. The molecule has 0 spiro atoms. The van der Waals surface area contributed by atoms with E-state index in [1.165, 1.54) is 0 Å². The fourth-order valence-electron chi connectivity index (χ4n) is 0.697. The molecule has 1 N–H and O–H groups in total. The largest absolute Gasteiger partial charge is 0.379 e. The van der Waals surface area contributed by atoms with E-state index in [0.29, 0.717) is 6.04 Å². The molecule has 1 aliphatic heterocycles. The summed E-state index contributed by atoms with van der Waals surface area (Å²) in [7, 11) is 0. The molecule has 0 aromatic heterocycles. The van der Waals surface area contributed by atoms with Gasteiger partial charge in [0, 0.05) is 12.6 Å². The summed E-state index contributed by atoms with van der Waals surface area (Å²) >= 11 is 0. The Hall–Kier alpha value is -0.0800. The fourth-order valence-corrected chi connectivity index (χ4v) is 0.697. The molecule has 2 heteroatoms. The standard InChI is InChI=1S/C5H11NO.C2H6/c1-5-4-7-3-2-6-5;1-2/h5-6H,2-4H2,1H3;1-2H3. The van der Waals surface area contributed by atoms with Crippen LogP contribution in [-0.4, -0.2) is 25.8 Å². The number of hydrogen-bond donors (Lipinski definition) is 1. The first kappa shape index (κ1) is 8.92. The normalized spacial score (nSPS) is 26.3. The SMILES string of the molecule is CC.CC1COCCN1. The fraction of sp³-hybridized carbons (Fsp3) is 1.00. The summed E-state index contributed by atoms with van der Waals surface area (Å²) in [6, 6.07) is 0.564. The molecule has 1 unspecified atom stereocenters. The molecule has 2 nitrogen and oxygen atoms in total. The van der Waals surface area contributed by atoms with E-state index in [9.17, 15) is 0 Å². The maximum atomic E-state index is 5.12. The lowest BCUT2D eigenvalue weighted by Crippen LogP contribution is -2.38. The van der Waals surface area contributed by atoms with Crippen LogP contribution in [0.5, 0.6) is 0 Å². The number of rotatable bonds is 0. The second-order valence-electron chi connectivity index (χ2n) is 1.93. The van der Waals surface area contributed by atoms with Crippen LogP contribution in [0.2, 0.25) is 0 Å². The number of ether oxygens (including phenoxy) is 1. The number of nitrogens with one attached hydrogen (secondary N) is 1. The highest BCUT2D eigenvalue weighted by molar-refractivity contribution is 4.62. The van der Waals surface area contributed by atoms with Gasteiger partial charge in [0.1, 0.15) is 0 Å². The van der Waals surface area contributed by atoms with Crippen molar-refractivity contribution in [1.29, 1.82) is 0 Å². The third kappa shape index (κ3) is 4.43. The lowest BCUT2D eigenvalue weighted by molar-refractivity contribution is 0.0824. The van der Waals surface area contributed by atoms with Gasteiger partial charge in [0.15, 0.2) is 0 Å². The number of hydrogen-bond acceptors (Lipinski definition) is 2. The molecule has 0 aromatic carbocycles. The minimum Gasteiger partial charge on any atom is -0.379 e. The lowest BCUT2D eigenvalue weighted by atomic mass is 10.3. The summed E-state index contributed by atoms with van der Waals surface area (Å²) in [5, 5.41) is 3.26. The second-order valence-corrected chi connectivity index (χ2v) is 1.93. The molecule has 9 heavy (non-hydrogen) atoms. The van der Waals surface area contributed by atoms with Gasteiger partial charge in [0.2, 0.25) is 0 Å². The van der Waals surface area contributed by atoms with Gasteiger partial charge in [0.25, 0.3) is 0 Å². The van der Waals surface area contributed by atoms with Crippen molar-refractivity contribution in [2.45, 2.75) is 26.8 Å². The first-order chi connectivity index (χ1) is 4.39. The van der Waals surface area contributed by atoms with Crippen LogP contribution in [0.3, 0.4) is 0 Å². The van der Waals surface area contributed by atoms with Crippen LogP contribution in [0.25, 0.3) is 0 Å². The quantitative estimate of drug-likeness (QED) is 0.530. The Morgan fingerprint density at radius 2 is 2.11 bits per heavy atom. The summed E-state index contributed by atoms with van der Waals surface area (Å²) in [5.41, 5.74) is 0. The third-order valence-electron chi connectivity index (χ3n) is 1.11. The average molecular weight is 131 g/mol. The Balaban J connectivity index is 0.000000291. The summed E-state index contributed by atoms with van der Waals surface area (Å²) in [6.45, 7) is 8.89. The van der Waals surface area contributed by atoms with E-state index in [0.717, 1.165) is 19.8 Å². The van der Waals surface area contributed by atoms with Crippen LogP contribution in [0.4, 0.5) is 0 Å². The molecule has 0 aromatic rings. The minimum atomic E-state index is 0.564. The second kappa shape index (κ2) is 6.05. The van der Waals surface area contributed by atoms with Gasteiger partial charge < -0.3 is 10.1 Å². The maximum Gasteiger partial charge on any atom is 0.0617 e. The van der Waals surface area contributed by atoms with E-state index in [1.807, 2.05) is 13.8 Å². The van der Waals surface area contributed by atoms with Crippen molar-refractivity contribution in [1.82, 2.24) is 5.32 Å². The smallest absolute Gasteiger partial charge is 0.0617 e. The van der Waals surface area contributed by atoms with E-state index in [2.05, 4.69) is 12.2 Å². The number of morpholine rings is 1. The lowest BCUT2D eigenvalue weighted by Gasteiger charge is -2.19. The minimum absolute atomic E-state index is 0.564. The van der Waals surface area contributed by atoms with E-state index in [-0.39, 0.29) is 0 Å². The highest BCUT2D eigenvalue weighted by atomic mass is 16.5. The van der Waals surface area contributed by atoms with E-state index in [1.54, 1.807) is 0 Å². The van der Waals surface area contributed by atoms with Crippen LogP contribution in [-0.2, 0) is 4.74 Å². The van der Waals surface area contributed by atoms with Gasteiger partial charge in [-0.15, -0.1) is 0 Å². The molecular formula is C7H17NO. The summed E-state index contributed by atoms with van der Waals surface area (Å²) in [5.74, 6) is 0. The van der Waals surface area contributed by atoms with Gasteiger partial charge in [-0.1, -0.05) is 13.8 Å². The van der Waals surface area contributed by atoms with Crippen molar-refractivity contribution >= 4 is 0 Å². The van der Waals surface area contributed by atoms with Gasteiger partial charge in [-0.25, -0.2) is 0 Å². The van der Waals surface area contributed by atoms with E-state index < -0.39 is 0 Å². The monoisotopic (exact) mass is 131 g/mol. The Kier molecular flexibility index (Phi) is 5.99. The molecule has 0 saturated carbocycles. The van der Waals surface area contributed by atoms with Gasteiger partial charge in [-0.3, -0.25) is 0 Å². The molecule has 1 fully saturated rings. The summed E-state index contributed by atoms with van der Waals surface area (Å²) in [4.78, 5) is 0. The highest BCUT2D eigenvalue weighted by Gasteiger charge is 2.04. The maximum absolute atomic E-state index is 5.12. The van der Waals surface area contributed by atoms with E-state index >= 15 is 0 Å². The molecule has 0 aliphatic carbocycles. The molecule has 56 valence electrons. The molecule has 0 radical (unpaired) electrons. The van der Waals surface area contributed by atoms with E-state index in [4.69, 9.17) is 4.74 Å². The zero-order valence-corrected chi connectivity index (χ0v) is 6.61. The Morgan fingerprint density at radius 1 is 1.44 bits per heavy atom. The van der Waals surface area contributed by atoms with Crippen molar-refractivity contribution in [2.24, 2.45) is 0 Å². The third-order valence-corrected chi connectivity index (χ3v) is 1.11. The zero-order chi connectivity index (χ0) is 7.11. The first-order valence-electron chi connectivity index (χ1n) is 3.71. The van der Waals surface area contributed by atoms with Crippen molar-refractivity contribution in [3.05, 3.63) is 0 Å².